The van der Waals surface area contributed by atoms with Gasteiger partial charge in [0.1, 0.15) is 0 Å². The monoisotopic (exact) mass is 295 g/mol. The number of nitrogens with one attached hydrogen (secondary N) is 1. The molecule has 1 aliphatic rings. The van der Waals surface area contributed by atoms with Gasteiger partial charge in [0.15, 0.2) is 0 Å². The zero-order chi connectivity index (χ0) is 14.2. The maximum Gasteiger partial charge on any atom is 0.0640 e. The van der Waals surface area contributed by atoms with E-state index in [2.05, 4.69) is 47.9 Å². The molecule has 1 aliphatic carbocycles. The lowest BCUT2D eigenvalue weighted by molar-refractivity contribution is 0.459. The molecule has 0 aromatic carbocycles. The van der Waals surface area contributed by atoms with Crippen LogP contribution in [0.1, 0.15) is 57.7 Å². The minimum Gasteiger partial charge on any atom is -0.313 e. The molecule has 0 bridgehead atoms. The molecule has 0 aliphatic heterocycles. The molecule has 1 aromatic heterocycles. The van der Waals surface area contributed by atoms with Crippen molar-refractivity contribution >= 4 is 11.8 Å². The molecule has 1 heterocycles. The Labute approximate surface area is 127 Å². The standard InChI is InChI=1S/C16H29N3S/c1-3-11-20-13-15(17-4-2)12-14-9-10-19(18-14)16-7-5-6-8-16/h9-10,15-17H,3-8,11-13H2,1-2H3. The molecule has 1 fully saturated rings. The van der Waals surface area contributed by atoms with Crippen LogP contribution in [-0.2, 0) is 6.42 Å². The summed E-state index contributed by atoms with van der Waals surface area (Å²) in [5.41, 5.74) is 1.25. The van der Waals surface area contributed by atoms with Gasteiger partial charge in [0.2, 0.25) is 0 Å². The zero-order valence-corrected chi connectivity index (χ0v) is 13.8. The molecule has 2 rings (SSSR count). The smallest absolute Gasteiger partial charge is 0.0640 e. The predicted octanol–water partition coefficient (Wildman–Crippen LogP) is 3.66. The van der Waals surface area contributed by atoms with Crippen molar-refractivity contribution in [3.63, 3.8) is 0 Å². The molecule has 0 saturated heterocycles. The highest BCUT2D eigenvalue weighted by atomic mass is 32.2. The average molecular weight is 295 g/mol. The fourth-order valence-electron chi connectivity index (χ4n) is 2.96. The maximum atomic E-state index is 4.81. The first-order valence-electron chi connectivity index (χ1n) is 8.18. The highest BCUT2D eigenvalue weighted by Gasteiger charge is 2.18. The Hall–Kier alpha value is -0.480. The SMILES string of the molecule is CCCSCC(Cc1ccn(C2CCCC2)n1)NCC. The zero-order valence-electron chi connectivity index (χ0n) is 13.0. The highest BCUT2D eigenvalue weighted by Crippen LogP contribution is 2.28. The molecule has 0 spiro atoms. The van der Waals surface area contributed by atoms with Gasteiger partial charge in [0.05, 0.1) is 11.7 Å². The summed E-state index contributed by atoms with van der Waals surface area (Å²) >= 11 is 2.06. The van der Waals surface area contributed by atoms with E-state index in [4.69, 9.17) is 5.10 Å². The Kier molecular flexibility index (Phi) is 6.94. The fraction of sp³-hybridized carbons (Fsp3) is 0.812. The summed E-state index contributed by atoms with van der Waals surface area (Å²) in [5, 5.41) is 8.41. The number of aromatic nitrogens is 2. The highest BCUT2D eigenvalue weighted by molar-refractivity contribution is 7.99. The van der Waals surface area contributed by atoms with Crippen LogP contribution in [0.2, 0.25) is 0 Å². The van der Waals surface area contributed by atoms with Gasteiger partial charge in [-0.25, -0.2) is 0 Å². The van der Waals surface area contributed by atoms with Gasteiger partial charge in [0.25, 0.3) is 0 Å². The second kappa shape index (κ2) is 8.73. The molecular weight excluding hydrogens is 266 g/mol. The van der Waals surface area contributed by atoms with Crippen molar-refractivity contribution < 1.29 is 0 Å². The third kappa shape index (κ3) is 4.81. The lowest BCUT2D eigenvalue weighted by Gasteiger charge is -2.16. The van der Waals surface area contributed by atoms with Crippen LogP contribution in [0.15, 0.2) is 12.3 Å². The van der Waals surface area contributed by atoms with Crippen LogP contribution in [0, 0.1) is 0 Å². The molecule has 1 atom stereocenters. The van der Waals surface area contributed by atoms with Crippen molar-refractivity contribution in [3.8, 4) is 0 Å². The van der Waals surface area contributed by atoms with Crippen LogP contribution in [0.4, 0.5) is 0 Å². The normalized spacial score (nSPS) is 17.7. The summed E-state index contributed by atoms with van der Waals surface area (Å²) in [4.78, 5) is 0. The Bertz CT molecular complexity index is 372. The van der Waals surface area contributed by atoms with Crippen LogP contribution < -0.4 is 5.32 Å². The predicted molar refractivity (Wildman–Crippen MR) is 88.5 cm³/mol. The Morgan fingerprint density at radius 2 is 2.20 bits per heavy atom. The molecule has 0 amide bonds. The molecule has 0 radical (unpaired) electrons. The van der Waals surface area contributed by atoms with E-state index in [1.54, 1.807) is 0 Å². The molecule has 1 unspecified atom stereocenters. The van der Waals surface area contributed by atoms with E-state index in [-0.39, 0.29) is 0 Å². The van der Waals surface area contributed by atoms with E-state index in [1.807, 2.05) is 0 Å². The molecule has 1 N–H and O–H groups in total. The summed E-state index contributed by atoms with van der Waals surface area (Å²) in [6.07, 6.45) is 9.87. The Morgan fingerprint density at radius 1 is 1.40 bits per heavy atom. The molecular formula is C16H29N3S. The summed E-state index contributed by atoms with van der Waals surface area (Å²) in [7, 11) is 0. The van der Waals surface area contributed by atoms with E-state index in [0.717, 1.165) is 13.0 Å². The van der Waals surface area contributed by atoms with Gasteiger partial charge >= 0.3 is 0 Å². The van der Waals surface area contributed by atoms with E-state index >= 15 is 0 Å². The van der Waals surface area contributed by atoms with Gasteiger partial charge in [-0.15, -0.1) is 0 Å². The number of thioether (sulfide) groups is 1. The largest absolute Gasteiger partial charge is 0.313 e. The van der Waals surface area contributed by atoms with E-state index in [0.29, 0.717) is 12.1 Å². The van der Waals surface area contributed by atoms with Crippen LogP contribution in [0.25, 0.3) is 0 Å². The molecule has 3 nitrogen and oxygen atoms in total. The summed E-state index contributed by atoms with van der Waals surface area (Å²) in [5.74, 6) is 2.45. The van der Waals surface area contributed by atoms with Crippen molar-refractivity contribution in [2.75, 3.05) is 18.1 Å². The van der Waals surface area contributed by atoms with E-state index < -0.39 is 0 Å². The molecule has 20 heavy (non-hydrogen) atoms. The number of likely N-dealkylation sites (N-methyl/N-ethyl adjacent to an activating group) is 1. The van der Waals surface area contributed by atoms with Gasteiger partial charge in [-0.1, -0.05) is 26.7 Å². The summed E-state index contributed by atoms with van der Waals surface area (Å²) in [6.45, 7) is 5.48. The Balaban J connectivity index is 1.85. The third-order valence-electron chi connectivity index (χ3n) is 3.98. The van der Waals surface area contributed by atoms with Crippen LogP contribution in [-0.4, -0.2) is 33.9 Å². The first kappa shape index (κ1) is 15.9. The number of rotatable bonds is 9. The molecule has 1 aromatic rings. The second-order valence-corrected chi connectivity index (χ2v) is 6.91. The number of hydrogen-bond donors (Lipinski definition) is 1. The maximum absolute atomic E-state index is 4.81. The first-order valence-corrected chi connectivity index (χ1v) is 9.34. The minimum atomic E-state index is 0.559. The van der Waals surface area contributed by atoms with Crippen molar-refractivity contribution in [3.05, 3.63) is 18.0 Å². The van der Waals surface area contributed by atoms with Gasteiger partial charge in [-0.05, 0) is 37.6 Å². The van der Waals surface area contributed by atoms with Crippen LogP contribution >= 0.6 is 11.8 Å². The van der Waals surface area contributed by atoms with E-state index in [1.165, 1.54) is 49.3 Å². The van der Waals surface area contributed by atoms with Crippen molar-refractivity contribution in [1.29, 1.82) is 0 Å². The second-order valence-electron chi connectivity index (χ2n) is 5.76. The van der Waals surface area contributed by atoms with Crippen molar-refractivity contribution in [1.82, 2.24) is 15.1 Å². The molecule has 4 heteroatoms. The van der Waals surface area contributed by atoms with Crippen molar-refractivity contribution in [2.24, 2.45) is 0 Å². The third-order valence-corrected chi connectivity index (χ3v) is 5.31. The average Bonchev–Trinajstić information content (AvgIpc) is 3.09. The topological polar surface area (TPSA) is 29.9 Å². The minimum absolute atomic E-state index is 0.559. The van der Waals surface area contributed by atoms with Gasteiger partial charge in [-0.2, -0.15) is 16.9 Å². The summed E-state index contributed by atoms with van der Waals surface area (Å²) < 4.78 is 2.21. The number of hydrogen-bond acceptors (Lipinski definition) is 3. The van der Waals surface area contributed by atoms with Gasteiger partial charge in [-0.3, -0.25) is 4.68 Å². The number of nitrogens with zero attached hydrogens (tertiary/aromatic N) is 2. The van der Waals surface area contributed by atoms with Gasteiger partial charge < -0.3 is 5.32 Å². The molecule has 1 saturated carbocycles. The Morgan fingerprint density at radius 3 is 2.90 bits per heavy atom. The van der Waals surface area contributed by atoms with Crippen LogP contribution in [0.5, 0.6) is 0 Å². The lowest BCUT2D eigenvalue weighted by atomic mass is 10.2. The van der Waals surface area contributed by atoms with Crippen LogP contribution in [0.3, 0.4) is 0 Å². The first-order chi connectivity index (χ1) is 9.83. The summed E-state index contributed by atoms with van der Waals surface area (Å²) in [6, 6.07) is 3.44. The van der Waals surface area contributed by atoms with E-state index in [9.17, 15) is 0 Å². The quantitative estimate of drug-likeness (QED) is 0.705. The lowest BCUT2D eigenvalue weighted by Crippen LogP contribution is -2.33. The molecule has 114 valence electrons. The van der Waals surface area contributed by atoms with Crippen molar-refractivity contribution in [2.45, 2.75) is 64.5 Å². The van der Waals surface area contributed by atoms with Gasteiger partial charge in [0, 0.05) is 24.4 Å². The fourth-order valence-corrected chi connectivity index (χ4v) is 3.94.